The molecule has 1 fully saturated rings. The first-order chi connectivity index (χ1) is 11.5. The fourth-order valence-electron chi connectivity index (χ4n) is 2.61. The van der Waals surface area contributed by atoms with Crippen LogP contribution in [0.25, 0.3) is 0 Å². The van der Waals surface area contributed by atoms with Gasteiger partial charge in [0, 0.05) is 22.9 Å². The molecule has 2 aromatic carbocycles. The minimum absolute atomic E-state index is 0.116. The van der Waals surface area contributed by atoms with Gasteiger partial charge >= 0.3 is 0 Å². The van der Waals surface area contributed by atoms with Crippen molar-refractivity contribution in [3.8, 4) is 0 Å². The van der Waals surface area contributed by atoms with Crippen molar-refractivity contribution in [2.75, 3.05) is 5.32 Å². The van der Waals surface area contributed by atoms with E-state index in [1.54, 1.807) is 24.3 Å². The van der Waals surface area contributed by atoms with Crippen LogP contribution in [0.5, 0.6) is 0 Å². The summed E-state index contributed by atoms with van der Waals surface area (Å²) in [6, 6.07) is 14.9. The highest BCUT2D eigenvalue weighted by molar-refractivity contribution is 6.06. The van der Waals surface area contributed by atoms with Gasteiger partial charge < -0.3 is 10.6 Å². The van der Waals surface area contributed by atoms with Gasteiger partial charge in [0.15, 0.2) is 0 Å². The van der Waals surface area contributed by atoms with E-state index in [0.717, 1.165) is 24.1 Å². The molecule has 0 saturated heterocycles. The first kappa shape index (κ1) is 16.2. The number of benzene rings is 2. The molecule has 0 aliphatic heterocycles. The molecule has 0 atom stereocenters. The van der Waals surface area contributed by atoms with Crippen molar-refractivity contribution in [1.82, 2.24) is 5.32 Å². The van der Waals surface area contributed by atoms with Crippen LogP contribution in [0.2, 0.25) is 0 Å². The lowest BCUT2D eigenvalue weighted by Crippen LogP contribution is -2.25. The average molecular weight is 322 g/mol. The maximum Gasteiger partial charge on any atom is 0.255 e. The smallest absolute Gasteiger partial charge is 0.255 e. The molecule has 1 aliphatic rings. The molecular weight excluding hydrogens is 300 g/mol. The van der Waals surface area contributed by atoms with E-state index in [9.17, 15) is 9.59 Å². The van der Waals surface area contributed by atoms with Gasteiger partial charge in [-0.05, 0) is 48.6 Å². The van der Waals surface area contributed by atoms with Gasteiger partial charge in [0.05, 0.1) is 0 Å². The fourth-order valence-corrected chi connectivity index (χ4v) is 2.61. The van der Waals surface area contributed by atoms with Crippen molar-refractivity contribution in [2.24, 2.45) is 0 Å². The number of anilines is 1. The summed E-state index contributed by atoms with van der Waals surface area (Å²) >= 11 is 0. The summed E-state index contributed by atoms with van der Waals surface area (Å²) in [5.74, 6) is -0.00365. The predicted octanol–water partition coefficient (Wildman–Crippen LogP) is 3.95. The van der Waals surface area contributed by atoms with E-state index in [4.69, 9.17) is 0 Å². The molecule has 0 unspecified atom stereocenters. The number of carbonyl (C=O) groups excluding carboxylic acids is 2. The molecule has 4 heteroatoms. The molecule has 0 heterocycles. The summed E-state index contributed by atoms with van der Waals surface area (Å²) in [5.41, 5.74) is 2.91. The van der Waals surface area contributed by atoms with E-state index in [1.165, 1.54) is 0 Å². The number of para-hydroxylation sites is 1. The summed E-state index contributed by atoms with van der Waals surface area (Å²) in [6.45, 7) is 4.18. The third-order valence-corrected chi connectivity index (χ3v) is 4.13. The molecule has 1 aliphatic carbocycles. The molecule has 124 valence electrons. The maximum atomic E-state index is 12.6. The molecule has 1 saturated carbocycles. The Labute approximate surface area is 142 Å². The van der Waals surface area contributed by atoms with Gasteiger partial charge in [-0.2, -0.15) is 0 Å². The predicted molar refractivity (Wildman–Crippen MR) is 95.4 cm³/mol. The molecule has 3 rings (SSSR count). The zero-order valence-electron chi connectivity index (χ0n) is 14.0. The molecule has 2 N–H and O–H groups in total. The standard InChI is InChI=1S/C20H22N2O2/c1-13(2)17-8-3-4-9-18(17)22-20(24)15-7-5-6-14(12-15)19(23)21-16-10-11-16/h3-9,12-13,16H,10-11H2,1-2H3,(H,21,23)(H,22,24). The normalized spacial score (nSPS) is 13.6. The molecule has 2 aromatic rings. The number of hydrogen-bond donors (Lipinski definition) is 2. The van der Waals surface area contributed by atoms with Crippen molar-refractivity contribution in [3.05, 3.63) is 65.2 Å². The second kappa shape index (κ2) is 6.87. The van der Waals surface area contributed by atoms with Crippen LogP contribution in [0.1, 0.15) is 58.9 Å². The van der Waals surface area contributed by atoms with Crippen LogP contribution >= 0.6 is 0 Å². The Balaban J connectivity index is 1.76. The van der Waals surface area contributed by atoms with E-state index in [2.05, 4.69) is 24.5 Å². The zero-order chi connectivity index (χ0) is 17.1. The lowest BCUT2D eigenvalue weighted by molar-refractivity contribution is 0.0951. The summed E-state index contributed by atoms with van der Waals surface area (Å²) in [6.07, 6.45) is 2.08. The first-order valence-corrected chi connectivity index (χ1v) is 8.36. The number of hydrogen-bond acceptors (Lipinski definition) is 2. The van der Waals surface area contributed by atoms with Crippen LogP contribution in [-0.2, 0) is 0 Å². The topological polar surface area (TPSA) is 58.2 Å². The van der Waals surface area contributed by atoms with Crippen LogP contribution in [0.15, 0.2) is 48.5 Å². The highest BCUT2D eigenvalue weighted by atomic mass is 16.2. The van der Waals surface area contributed by atoms with Crippen LogP contribution in [0, 0.1) is 0 Å². The van der Waals surface area contributed by atoms with Crippen LogP contribution in [0.3, 0.4) is 0 Å². The van der Waals surface area contributed by atoms with Gasteiger partial charge in [-0.3, -0.25) is 9.59 Å². The fraction of sp³-hybridized carbons (Fsp3) is 0.300. The second-order valence-corrected chi connectivity index (χ2v) is 6.52. The Bertz CT molecular complexity index is 764. The third kappa shape index (κ3) is 3.82. The number of carbonyl (C=O) groups is 2. The molecule has 0 aromatic heterocycles. The van der Waals surface area contributed by atoms with E-state index in [-0.39, 0.29) is 11.8 Å². The van der Waals surface area contributed by atoms with Gasteiger partial charge in [-0.25, -0.2) is 0 Å². The SMILES string of the molecule is CC(C)c1ccccc1NC(=O)c1cccc(C(=O)NC2CC2)c1. The van der Waals surface area contributed by atoms with Crippen molar-refractivity contribution in [3.63, 3.8) is 0 Å². The van der Waals surface area contributed by atoms with E-state index < -0.39 is 0 Å². The Morgan fingerprint density at radius 2 is 1.62 bits per heavy atom. The van der Waals surface area contributed by atoms with Crippen molar-refractivity contribution in [1.29, 1.82) is 0 Å². The van der Waals surface area contributed by atoms with Crippen LogP contribution in [-0.4, -0.2) is 17.9 Å². The van der Waals surface area contributed by atoms with E-state index >= 15 is 0 Å². The number of amides is 2. The Morgan fingerprint density at radius 3 is 2.29 bits per heavy atom. The van der Waals surface area contributed by atoms with E-state index in [0.29, 0.717) is 23.1 Å². The second-order valence-electron chi connectivity index (χ2n) is 6.52. The minimum Gasteiger partial charge on any atom is -0.349 e. The molecule has 0 spiro atoms. The first-order valence-electron chi connectivity index (χ1n) is 8.36. The van der Waals surface area contributed by atoms with Crippen molar-refractivity contribution in [2.45, 2.75) is 38.6 Å². The van der Waals surface area contributed by atoms with Gasteiger partial charge in [0.25, 0.3) is 11.8 Å². The Kier molecular flexibility index (Phi) is 4.65. The molecule has 2 amide bonds. The molecule has 4 nitrogen and oxygen atoms in total. The third-order valence-electron chi connectivity index (χ3n) is 4.13. The lowest BCUT2D eigenvalue weighted by Gasteiger charge is -2.14. The molecule has 0 radical (unpaired) electrons. The maximum absolute atomic E-state index is 12.6. The minimum atomic E-state index is -0.204. The van der Waals surface area contributed by atoms with Gasteiger partial charge in [0.2, 0.25) is 0 Å². The highest BCUT2D eigenvalue weighted by Gasteiger charge is 2.24. The number of rotatable bonds is 5. The van der Waals surface area contributed by atoms with Crippen molar-refractivity contribution >= 4 is 17.5 Å². The van der Waals surface area contributed by atoms with Crippen molar-refractivity contribution < 1.29 is 9.59 Å². The zero-order valence-corrected chi connectivity index (χ0v) is 14.0. The van der Waals surface area contributed by atoms with E-state index in [1.807, 2.05) is 24.3 Å². The van der Waals surface area contributed by atoms with Crippen LogP contribution in [0.4, 0.5) is 5.69 Å². The molecular formula is C20H22N2O2. The summed E-state index contributed by atoms with van der Waals surface area (Å²) in [7, 11) is 0. The monoisotopic (exact) mass is 322 g/mol. The van der Waals surface area contributed by atoms with Crippen LogP contribution < -0.4 is 10.6 Å². The summed E-state index contributed by atoms with van der Waals surface area (Å²) in [4.78, 5) is 24.7. The van der Waals surface area contributed by atoms with Gasteiger partial charge in [0.1, 0.15) is 0 Å². The lowest BCUT2D eigenvalue weighted by atomic mass is 10.0. The average Bonchev–Trinajstić information content (AvgIpc) is 3.39. The number of nitrogens with one attached hydrogen (secondary N) is 2. The Morgan fingerprint density at radius 1 is 0.958 bits per heavy atom. The van der Waals surface area contributed by atoms with Gasteiger partial charge in [-0.15, -0.1) is 0 Å². The summed E-state index contributed by atoms with van der Waals surface area (Å²) < 4.78 is 0. The Hall–Kier alpha value is -2.62. The highest BCUT2D eigenvalue weighted by Crippen LogP contribution is 2.24. The molecule has 24 heavy (non-hydrogen) atoms. The quantitative estimate of drug-likeness (QED) is 0.875. The molecule has 0 bridgehead atoms. The summed E-state index contributed by atoms with van der Waals surface area (Å²) in [5, 5.41) is 5.90. The largest absolute Gasteiger partial charge is 0.349 e. The van der Waals surface area contributed by atoms with Gasteiger partial charge in [-0.1, -0.05) is 38.1 Å².